The molecule has 0 aromatic heterocycles. The second kappa shape index (κ2) is 12.2. The highest BCUT2D eigenvalue weighted by molar-refractivity contribution is 8.15. The summed E-state index contributed by atoms with van der Waals surface area (Å²) in [4.78, 5) is 2.29. The zero-order chi connectivity index (χ0) is 26.2. The Kier molecular flexibility index (Phi) is 9.32. The molecule has 3 saturated carbocycles. The fraction of sp³-hybridized carbons (Fsp3) is 0.875. The number of hydrogen-bond donors (Lipinski definition) is 1. The summed E-state index contributed by atoms with van der Waals surface area (Å²) in [7, 11) is -2.52. The molecule has 210 valence electrons. The lowest BCUT2D eigenvalue weighted by Gasteiger charge is -2.39. The van der Waals surface area contributed by atoms with Crippen LogP contribution >= 0.6 is 23.5 Å². The van der Waals surface area contributed by atoms with Gasteiger partial charge in [0.15, 0.2) is 6.04 Å². The Bertz CT molecular complexity index is 1040. The van der Waals surface area contributed by atoms with Gasteiger partial charge in [-0.25, -0.2) is 12.6 Å². The number of hydrogen-bond acceptors (Lipinski definition) is 9. The quantitative estimate of drug-likeness (QED) is 0.242. The van der Waals surface area contributed by atoms with Crippen molar-refractivity contribution in [1.82, 2.24) is 4.90 Å². The topological polar surface area (TPSA) is 119 Å². The fourth-order valence-electron chi connectivity index (χ4n) is 7.23. The molecule has 0 aromatic rings. The van der Waals surface area contributed by atoms with Gasteiger partial charge in [0, 0.05) is 42.7 Å². The van der Waals surface area contributed by atoms with E-state index in [4.69, 9.17) is 8.92 Å². The van der Waals surface area contributed by atoms with Gasteiger partial charge in [-0.2, -0.15) is 8.78 Å². The highest BCUT2D eigenvalue weighted by atomic mass is 32.2. The predicted octanol–water partition coefficient (Wildman–Crippen LogP) is 3.35. The Morgan fingerprint density at radius 2 is 1.95 bits per heavy atom. The largest absolute Gasteiger partial charge is 0.748 e. The zero-order valence-corrected chi connectivity index (χ0v) is 24.5. The van der Waals surface area contributed by atoms with Gasteiger partial charge in [0.2, 0.25) is 5.04 Å². The van der Waals surface area contributed by atoms with Crippen molar-refractivity contribution in [2.75, 3.05) is 26.1 Å². The van der Waals surface area contributed by atoms with E-state index in [9.17, 15) is 21.7 Å². The van der Waals surface area contributed by atoms with Crippen LogP contribution in [0.2, 0.25) is 0 Å². The lowest BCUT2D eigenvalue weighted by molar-refractivity contribution is -0.598. The molecule has 1 N–H and O–H groups in total. The smallest absolute Gasteiger partial charge is 0.307 e. The second-order valence-electron chi connectivity index (χ2n) is 10.9. The first-order valence-corrected chi connectivity index (χ1v) is 17.8. The Morgan fingerprint density at radius 3 is 2.70 bits per heavy atom. The standard InChI is InChI=1S/C24H38N2O7S4/c1-32-17-8-10-20-19(13-17)25(11-4-12-37(29,30)31)22(34-20)14-23-26(15-33-36(27)28)24-18-6-3-2-5-16(18)7-9-21(24)35-23/h14,16-21,24H,2-13,15H2,1H3,(H-,27,28,29,30,31). The molecule has 13 heteroatoms. The van der Waals surface area contributed by atoms with Crippen LogP contribution in [0.1, 0.15) is 64.2 Å². The van der Waals surface area contributed by atoms with E-state index in [0.29, 0.717) is 41.3 Å². The summed E-state index contributed by atoms with van der Waals surface area (Å²) in [5, 5.41) is 2.99. The number of fused-ring (bicyclic) bond motifs is 4. The zero-order valence-electron chi connectivity index (χ0n) is 21.2. The number of nitrogens with zero attached hydrogens (tertiary/aromatic N) is 2. The molecule has 0 spiro atoms. The third-order valence-electron chi connectivity index (χ3n) is 8.85. The highest BCUT2D eigenvalue weighted by Gasteiger charge is 2.53. The average Bonchev–Trinajstić information content (AvgIpc) is 3.39. The maximum absolute atomic E-state index is 11.5. The van der Waals surface area contributed by atoms with Gasteiger partial charge in [0.25, 0.3) is 6.73 Å². The molecule has 8 unspecified atom stereocenters. The molecule has 2 aliphatic heterocycles. The molecule has 4 fully saturated rings. The van der Waals surface area contributed by atoms with E-state index in [1.165, 1.54) is 32.1 Å². The van der Waals surface area contributed by atoms with Crippen LogP contribution in [0.3, 0.4) is 0 Å². The summed E-state index contributed by atoms with van der Waals surface area (Å²) in [5.74, 6) is 0.920. The Hall–Kier alpha value is -0.150. The molecule has 3 aliphatic carbocycles. The molecule has 5 aliphatic rings. The molecule has 2 heterocycles. The fourth-order valence-corrected chi connectivity index (χ4v) is 11.0. The third-order valence-corrected chi connectivity index (χ3v) is 12.8. The van der Waals surface area contributed by atoms with Crippen molar-refractivity contribution in [1.29, 1.82) is 0 Å². The highest BCUT2D eigenvalue weighted by Crippen LogP contribution is 2.50. The Balaban J connectivity index is 1.45. The minimum atomic E-state index is -4.26. The first-order chi connectivity index (χ1) is 17.7. The van der Waals surface area contributed by atoms with Gasteiger partial charge in [0.1, 0.15) is 0 Å². The van der Waals surface area contributed by atoms with E-state index in [-0.39, 0.29) is 24.6 Å². The molecule has 1 saturated heterocycles. The van der Waals surface area contributed by atoms with E-state index >= 15 is 0 Å². The second-order valence-corrected chi connectivity index (χ2v) is 15.6. The van der Waals surface area contributed by atoms with Crippen molar-refractivity contribution < 1.29 is 35.2 Å². The maximum Gasteiger partial charge on any atom is 0.307 e. The van der Waals surface area contributed by atoms with Crippen LogP contribution < -0.4 is 0 Å². The van der Waals surface area contributed by atoms with Crippen LogP contribution in [0, 0.1) is 11.8 Å². The normalized spacial score (nSPS) is 38.0. The number of ether oxygens (including phenoxy) is 1. The van der Waals surface area contributed by atoms with Gasteiger partial charge >= 0.3 is 11.4 Å². The molecule has 0 bridgehead atoms. The summed E-state index contributed by atoms with van der Waals surface area (Å²) < 4.78 is 67.9. The van der Waals surface area contributed by atoms with Gasteiger partial charge in [-0.05, 0) is 69.0 Å². The number of thioether (sulfide) groups is 2. The Labute approximate surface area is 231 Å². The van der Waals surface area contributed by atoms with E-state index in [1.54, 1.807) is 7.11 Å². The number of methoxy groups -OCH3 is 1. The van der Waals surface area contributed by atoms with Crippen molar-refractivity contribution >= 4 is 50.0 Å². The molecule has 9 nitrogen and oxygen atoms in total. The SMILES string of the molecule is COC1CCC2SC(=CC3=[N+](COS(=O)O)C4C(CCC5CCCCC54)S3)N(CCCS(=O)(=O)[O-])C2C1. The van der Waals surface area contributed by atoms with E-state index in [0.717, 1.165) is 35.8 Å². The molecule has 0 radical (unpaired) electrons. The van der Waals surface area contributed by atoms with Gasteiger partial charge in [-0.1, -0.05) is 12.8 Å². The van der Waals surface area contributed by atoms with Crippen LogP contribution in [-0.4, -0.2) is 91.1 Å². The van der Waals surface area contributed by atoms with Gasteiger partial charge in [-0.3, -0.25) is 4.55 Å². The van der Waals surface area contributed by atoms with Crippen LogP contribution in [0.15, 0.2) is 11.1 Å². The summed E-state index contributed by atoms with van der Waals surface area (Å²) in [5.41, 5.74) is 0. The summed E-state index contributed by atoms with van der Waals surface area (Å²) in [6.45, 7) is 0.585. The van der Waals surface area contributed by atoms with Crippen molar-refractivity contribution in [3.63, 3.8) is 0 Å². The van der Waals surface area contributed by atoms with Crippen molar-refractivity contribution in [3.8, 4) is 0 Å². The molecule has 0 aromatic carbocycles. The number of rotatable bonds is 9. The van der Waals surface area contributed by atoms with Gasteiger partial charge in [0.05, 0.1) is 26.5 Å². The molecule has 37 heavy (non-hydrogen) atoms. The lowest BCUT2D eigenvalue weighted by atomic mass is 9.68. The van der Waals surface area contributed by atoms with Crippen LogP contribution in [0.4, 0.5) is 0 Å². The predicted molar refractivity (Wildman–Crippen MR) is 146 cm³/mol. The summed E-state index contributed by atoms with van der Waals surface area (Å²) in [6, 6.07) is 0.529. The molecule has 5 rings (SSSR count). The molecule has 0 amide bonds. The van der Waals surface area contributed by atoms with Gasteiger partial charge < -0.3 is 14.2 Å². The van der Waals surface area contributed by atoms with Crippen molar-refractivity contribution in [2.45, 2.75) is 92.9 Å². The van der Waals surface area contributed by atoms with Crippen LogP contribution in [0.25, 0.3) is 0 Å². The molecule has 8 atom stereocenters. The minimum Gasteiger partial charge on any atom is -0.748 e. The van der Waals surface area contributed by atoms with Crippen LogP contribution in [0.5, 0.6) is 0 Å². The van der Waals surface area contributed by atoms with E-state index < -0.39 is 21.5 Å². The molecular weight excluding hydrogens is 557 g/mol. The van der Waals surface area contributed by atoms with E-state index in [1.807, 2.05) is 23.5 Å². The van der Waals surface area contributed by atoms with Gasteiger partial charge in [-0.15, -0.1) is 11.8 Å². The van der Waals surface area contributed by atoms with Crippen molar-refractivity contribution in [3.05, 3.63) is 11.1 Å². The monoisotopic (exact) mass is 594 g/mol. The average molecular weight is 595 g/mol. The van der Waals surface area contributed by atoms with Crippen molar-refractivity contribution in [2.24, 2.45) is 11.8 Å². The van der Waals surface area contributed by atoms with E-state index in [2.05, 4.69) is 15.6 Å². The summed E-state index contributed by atoms with van der Waals surface area (Å²) in [6.07, 6.45) is 12.9. The third kappa shape index (κ3) is 6.61. The van der Waals surface area contributed by atoms with Crippen LogP contribution in [-0.2, 0) is 30.4 Å². The minimum absolute atomic E-state index is 0.0807. The maximum atomic E-state index is 11.5. The summed E-state index contributed by atoms with van der Waals surface area (Å²) >= 11 is 1.36. The first kappa shape index (κ1) is 28.4. The molecular formula is C24H38N2O7S4. The lowest BCUT2D eigenvalue weighted by Crippen LogP contribution is -2.47. The Morgan fingerprint density at radius 1 is 1.16 bits per heavy atom. The first-order valence-electron chi connectivity index (χ1n) is 13.4.